The van der Waals surface area contributed by atoms with E-state index in [0.29, 0.717) is 5.56 Å². The number of hydrogen-bond acceptors (Lipinski definition) is 5. The number of ether oxygens (including phenoxy) is 2. The Labute approximate surface area is 169 Å². The molecule has 2 aromatic rings. The van der Waals surface area contributed by atoms with Crippen LogP contribution in [-0.4, -0.2) is 36.9 Å². The van der Waals surface area contributed by atoms with E-state index in [9.17, 15) is 9.59 Å². The summed E-state index contributed by atoms with van der Waals surface area (Å²) >= 11 is 1.59. The highest BCUT2D eigenvalue weighted by molar-refractivity contribution is 7.99. The summed E-state index contributed by atoms with van der Waals surface area (Å²) in [6, 6.07) is 13.1. The summed E-state index contributed by atoms with van der Waals surface area (Å²) in [6.07, 6.45) is 2.38. The van der Waals surface area contributed by atoms with E-state index in [0.717, 1.165) is 46.9 Å². The average molecular weight is 400 g/mol. The van der Waals surface area contributed by atoms with Gasteiger partial charge in [0, 0.05) is 22.9 Å². The lowest BCUT2D eigenvalue weighted by molar-refractivity contribution is -0.119. The molecule has 1 saturated heterocycles. The lowest BCUT2D eigenvalue weighted by Gasteiger charge is -2.12. The topological polar surface area (TPSA) is 64.6 Å². The fourth-order valence-corrected chi connectivity index (χ4v) is 4.18. The van der Waals surface area contributed by atoms with E-state index >= 15 is 0 Å². The van der Waals surface area contributed by atoms with Crippen LogP contribution in [0, 0.1) is 13.8 Å². The third-order valence-corrected chi connectivity index (χ3v) is 5.75. The Balaban J connectivity index is 1.54. The molecule has 0 spiro atoms. The number of aryl methyl sites for hydroxylation is 2. The second-order valence-corrected chi connectivity index (χ2v) is 7.95. The maximum Gasteiger partial charge on any atom is 0.339 e. The van der Waals surface area contributed by atoms with Crippen LogP contribution in [0.4, 0.5) is 5.69 Å². The van der Waals surface area contributed by atoms with E-state index in [4.69, 9.17) is 9.47 Å². The molecule has 5 nitrogen and oxygen atoms in total. The third kappa shape index (κ3) is 5.59. The van der Waals surface area contributed by atoms with Crippen molar-refractivity contribution >= 4 is 29.3 Å². The highest BCUT2D eigenvalue weighted by Gasteiger charge is 2.19. The highest BCUT2D eigenvalue weighted by atomic mass is 32.2. The second kappa shape index (κ2) is 9.75. The maximum atomic E-state index is 12.5. The summed E-state index contributed by atoms with van der Waals surface area (Å²) in [5.74, 6) is -0.0479. The van der Waals surface area contributed by atoms with Crippen molar-refractivity contribution in [1.82, 2.24) is 0 Å². The number of amides is 1. The number of esters is 1. The SMILES string of the molecule is Cc1ccc(NC(=O)COC(=O)c2ccccc2SC[C@@H]2CCCO2)c(C)c1. The Morgan fingerprint density at radius 1 is 1.21 bits per heavy atom. The van der Waals surface area contributed by atoms with Crippen LogP contribution < -0.4 is 5.32 Å². The predicted molar refractivity (Wildman–Crippen MR) is 111 cm³/mol. The fraction of sp³-hybridized carbons (Fsp3) is 0.364. The molecule has 0 aliphatic carbocycles. The van der Waals surface area contributed by atoms with Crippen LogP contribution >= 0.6 is 11.8 Å². The molecule has 28 heavy (non-hydrogen) atoms. The second-order valence-electron chi connectivity index (χ2n) is 6.88. The summed E-state index contributed by atoms with van der Waals surface area (Å²) in [6.45, 7) is 4.41. The van der Waals surface area contributed by atoms with Gasteiger partial charge in [-0.3, -0.25) is 4.79 Å². The molecular weight excluding hydrogens is 374 g/mol. The van der Waals surface area contributed by atoms with Gasteiger partial charge in [0.2, 0.25) is 0 Å². The van der Waals surface area contributed by atoms with Gasteiger partial charge in [-0.05, 0) is 50.5 Å². The van der Waals surface area contributed by atoms with E-state index in [2.05, 4.69) is 5.32 Å². The van der Waals surface area contributed by atoms with Gasteiger partial charge in [-0.1, -0.05) is 29.8 Å². The zero-order chi connectivity index (χ0) is 19.9. The van der Waals surface area contributed by atoms with Gasteiger partial charge < -0.3 is 14.8 Å². The minimum atomic E-state index is -0.494. The first kappa shape index (κ1) is 20.4. The normalized spacial score (nSPS) is 16.0. The number of carbonyl (C=O) groups excluding carboxylic acids is 2. The first-order valence-corrected chi connectivity index (χ1v) is 10.4. The number of thioether (sulfide) groups is 1. The van der Waals surface area contributed by atoms with Crippen molar-refractivity contribution in [3.8, 4) is 0 Å². The Hall–Kier alpha value is -2.31. The van der Waals surface area contributed by atoms with Crippen LogP contribution in [0.15, 0.2) is 47.4 Å². The molecule has 0 unspecified atom stereocenters. The van der Waals surface area contributed by atoms with Gasteiger partial charge in [-0.15, -0.1) is 11.8 Å². The molecule has 1 heterocycles. The van der Waals surface area contributed by atoms with E-state index in [-0.39, 0.29) is 18.6 Å². The molecule has 0 bridgehead atoms. The van der Waals surface area contributed by atoms with Gasteiger partial charge in [-0.25, -0.2) is 4.79 Å². The lowest BCUT2D eigenvalue weighted by Crippen LogP contribution is -2.21. The minimum Gasteiger partial charge on any atom is -0.452 e. The molecule has 1 aliphatic heterocycles. The standard InChI is InChI=1S/C22H25NO4S/c1-15-9-10-19(16(2)12-15)23-21(24)13-27-22(25)18-7-3-4-8-20(18)28-14-17-6-5-11-26-17/h3-4,7-10,12,17H,5-6,11,13-14H2,1-2H3,(H,23,24)/t17-/m0/s1. The van der Waals surface area contributed by atoms with Crippen molar-refractivity contribution in [2.45, 2.75) is 37.7 Å². The van der Waals surface area contributed by atoms with Gasteiger partial charge in [0.05, 0.1) is 11.7 Å². The van der Waals surface area contributed by atoms with Crippen molar-refractivity contribution in [1.29, 1.82) is 0 Å². The zero-order valence-corrected chi connectivity index (χ0v) is 17.0. The molecule has 1 aliphatic rings. The molecule has 1 fully saturated rings. The van der Waals surface area contributed by atoms with Crippen LogP contribution in [0.3, 0.4) is 0 Å². The molecule has 2 aromatic carbocycles. The molecule has 1 amide bonds. The lowest BCUT2D eigenvalue weighted by atomic mass is 10.1. The Bertz CT molecular complexity index is 846. The van der Waals surface area contributed by atoms with Crippen molar-refractivity contribution in [2.24, 2.45) is 0 Å². The van der Waals surface area contributed by atoms with Crippen molar-refractivity contribution in [2.75, 3.05) is 24.3 Å². The Morgan fingerprint density at radius 3 is 2.79 bits per heavy atom. The smallest absolute Gasteiger partial charge is 0.339 e. The molecule has 1 atom stereocenters. The number of benzene rings is 2. The molecular formula is C22H25NO4S. The van der Waals surface area contributed by atoms with Crippen LogP contribution in [0.2, 0.25) is 0 Å². The highest BCUT2D eigenvalue weighted by Crippen LogP contribution is 2.27. The van der Waals surface area contributed by atoms with E-state index in [1.54, 1.807) is 23.9 Å². The number of hydrogen-bond donors (Lipinski definition) is 1. The summed E-state index contributed by atoms with van der Waals surface area (Å²) in [7, 11) is 0. The van der Waals surface area contributed by atoms with Crippen LogP contribution in [0.1, 0.15) is 34.3 Å². The average Bonchev–Trinajstić information content (AvgIpc) is 3.20. The Kier molecular flexibility index (Phi) is 7.12. The molecule has 0 aromatic heterocycles. The van der Waals surface area contributed by atoms with Gasteiger partial charge in [0.25, 0.3) is 5.91 Å². The van der Waals surface area contributed by atoms with Gasteiger partial charge in [0.1, 0.15) is 0 Å². The first-order valence-electron chi connectivity index (χ1n) is 9.40. The van der Waals surface area contributed by atoms with Crippen molar-refractivity contribution in [3.63, 3.8) is 0 Å². The van der Waals surface area contributed by atoms with Crippen LogP contribution in [-0.2, 0) is 14.3 Å². The number of carbonyl (C=O) groups is 2. The monoisotopic (exact) mass is 399 g/mol. The number of anilines is 1. The van der Waals surface area contributed by atoms with E-state index < -0.39 is 5.97 Å². The number of rotatable bonds is 7. The van der Waals surface area contributed by atoms with Crippen LogP contribution in [0.5, 0.6) is 0 Å². The molecule has 0 radical (unpaired) electrons. The Morgan fingerprint density at radius 2 is 2.04 bits per heavy atom. The molecule has 1 N–H and O–H groups in total. The third-order valence-electron chi connectivity index (χ3n) is 4.55. The summed E-state index contributed by atoms with van der Waals surface area (Å²) < 4.78 is 10.9. The van der Waals surface area contributed by atoms with Crippen molar-refractivity contribution in [3.05, 3.63) is 59.2 Å². The summed E-state index contributed by atoms with van der Waals surface area (Å²) in [5.41, 5.74) is 3.29. The maximum absolute atomic E-state index is 12.5. The fourth-order valence-electron chi connectivity index (χ4n) is 3.07. The number of nitrogens with one attached hydrogen (secondary N) is 1. The van der Waals surface area contributed by atoms with Crippen LogP contribution in [0.25, 0.3) is 0 Å². The molecule has 3 rings (SSSR count). The zero-order valence-electron chi connectivity index (χ0n) is 16.2. The largest absolute Gasteiger partial charge is 0.452 e. The van der Waals surface area contributed by atoms with E-state index in [1.165, 1.54) is 0 Å². The quantitative estimate of drug-likeness (QED) is 0.553. The molecule has 6 heteroatoms. The summed E-state index contributed by atoms with van der Waals surface area (Å²) in [4.78, 5) is 25.5. The predicted octanol–water partition coefficient (Wildman–Crippen LogP) is 4.37. The van der Waals surface area contributed by atoms with Gasteiger partial charge in [0.15, 0.2) is 6.61 Å². The van der Waals surface area contributed by atoms with E-state index in [1.807, 2.05) is 44.2 Å². The molecule has 0 saturated carbocycles. The van der Waals surface area contributed by atoms with Gasteiger partial charge in [-0.2, -0.15) is 0 Å². The first-order chi connectivity index (χ1) is 13.5. The summed E-state index contributed by atoms with van der Waals surface area (Å²) in [5, 5.41) is 2.78. The van der Waals surface area contributed by atoms with Gasteiger partial charge >= 0.3 is 5.97 Å². The molecule has 148 valence electrons. The minimum absolute atomic E-state index is 0.234. The van der Waals surface area contributed by atoms with Crippen molar-refractivity contribution < 1.29 is 19.1 Å².